The van der Waals surface area contributed by atoms with Crippen molar-refractivity contribution < 1.29 is 14.6 Å². The zero-order valence-corrected chi connectivity index (χ0v) is 7.73. The standard InChI is InChI=1S/C10H11NO3/c1-14-10(11-7-12)6-8-2-4-9(13)5-3-8/h2-7,13H,1H3,(H,11,12). The molecule has 1 aromatic rings. The molecule has 0 heterocycles. The number of hydrogen-bond donors (Lipinski definition) is 2. The van der Waals surface area contributed by atoms with Crippen molar-refractivity contribution >= 4 is 12.5 Å². The Bertz CT molecular complexity index is 330. The van der Waals surface area contributed by atoms with Gasteiger partial charge in [-0.3, -0.25) is 10.1 Å². The largest absolute Gasteiger partial charge is 0.508 e. The smallest absolute Gasteiger partial charge is 0.213 e. The fourth-order valence-electron chi connectivity index (χ4n) is 0.940. The first-order valence-corrected chi connectivity index (χ1v) is 4.01. The molecule has 0 spiro atoms. The molecule has 4 heteroatoms. The van der Waals surface area contributed by atoms with Crippen LogP contribution in [-0.4, -0.2) is 18.6 Å². The molecule has 0 saturated carbocycles. The van der Waals surface area contributed by atoms with Gasteiger partial charge in [-0.25, -0.2) is 0 Å². The predicted octanol–water partition coefficient (Wildman–Crippen LogP) is 1.08. The molecule has 0 aliphatic carbocycles. The van der Waals surface area contributed by atoms with Gasteiger partial charge in [-0.15, -0.1) is 0 Å². The molecule has 14 heavy (non-hydrogen) atoms. The Balaban J connectivity index is 2.83. The molecule has 1 rings (SSSR count). The van der Waals surface area contributed by atoms with Crippen molar-refractivity contribution in [3.8, 4) is 5.75 Å². The maximum absolute atomic E-state index is 10.1. The predicted molar refractivity (Wildman–Crippen MR) is 52.3 cm³/mol. The third-order valence-corrected chi connectivity index (χ3v) is 1.61. The topological polar surface area (TPSA) is 58.6 Å². The van der Waals surface area contributed by atoms with Gasteiger partial charge in [-0.2, -0.15) is 0 Å². The number of aromatic hydroxyl groups is 1. The Labute approximate surface area is 81.8 Å². The zero-order valence-electron chi connectivity index (χ0n) is 7.73. The summed E-state index contributed by atoms with van der Waals surface area (Å²) in [5.74, 6) is 0.551. The number of ether oxygens (including phenoxy) is 1. The maximum Gasteiger partial charge on any atom is 0.213 e. The van der Waals surface area contributed by atoms with E-state index in [9.17, 15) is 4.79 Å². The zero-order chi connectivity index (χ0) is 10.4. The molecular formula is C10H11NO3. The first-order chi connectivity index (χ1) is 6.76. The Morgan fingerprint density at radius 3 is 2.57 bits per heavy atom. The van der Waals surface area contributed by atoms with Crippen LogP contribution in [0.1, 0.15) is 5.56 Å². The number of phenolic OH excluding ortho intramolecular Hbond substituents is 1. The van der Waals surface area contributed by atoms with E-state index in [1.165, 1.54) is 7.11 Å². The fourth-order valence-corrected chi connectivity index (χ4v) is 0.940. The number of methoxy groups -OCH3 is 1. The Morgan fingerprint density at radius 1 is 1.43 bits per heavy atom. The summed E-state index contributed by atoms with van der Waals surface area (Å²) in [6.45, 7) is 0. The van der Waals surface area contributed by atoms with E-state index in [0.29, 0.717) is 12.3 Å². The van der Waals surface area contributed by atoms with Crippen LogP contribution in [0.5, 0.6) is 5.75 Å². The fraction of sp³-hybridized carbons (Fsp3) is 0.100. The van der Waals surface area contributed by atoms with Crippen molar-refractivity contribution in [2.24, 2.45) is 0 Å². The maximum atomic E-state index is 10.1. The molecule has 0 unspecified atom stereocenters. The van der Waals surface area contributed by atoms with Gasteiger partial charge >= 0.3 is 0 Å². The highest BCUT2D eigenvalue weighted by molar-refractivity contribution is 5.57. The van der Waals surface area contributed by atoms with Gasteiger partial charge in [0.05, 0.1) is 7.11 Å². The van der Waals surface area contributed by atoms with Crippen molar-refractivity contribution in [3.63, 3.8) is 0 Å². The molecule has 0 radical (unpaired) electrons. The molecule has 1 aromatic carbocycles. The minimum atomic E-state index is 0.199. The summed E-state index contributed by atoms with van der Waals surface area (Å²) in [7, 11) is 1.46. The number of nitrogens with one attached hydrogen (secondary N) is 1. The van der Waals surface area contributed by atoms with E-state index >= 15 is 0 Å². The number of benzene rings is 1. The molecule has 0 aliphatic heterocycles. The quantitative estimate of drug-likeness (QED) is 0.555. The molecule has 0 atom stereocenters. The van der Waals surface area contributed by atoms with Gasteiger partial charge in [0.1, 0.15) is 5.75 Å². The van der Waals surface area contributed by atoms with Crippen LogP contribution >= 0.6 is 0 Å². The van der Waals surface area contributed by atoms with Gasteiger partial charge in [0.25, 0.3) is 0 Å². The summed E-state index contributed by atoms with van der Waals surface area (Å²) in [5.41, 5.74) is 0.828. The molecule has 0 fully saturated rings. The lowest BCUT2D eigenvalue weighted by molar-refractivity contribution is -0.109. The Kier molecular flexibility index (Phi) is 3.55. The van der Waals surface area contributed by atoms with Gasteiger partial charge in [-0.05, 0) is 17.7 Å². The van der Waals surface area contributed by atoms with E-state index in [4.69, 9.17) is 9.84 Å². The number of phenols is 1. The van der Waals surface area contributed by atoms with Crippen molar-refractivity contribution in [2.75, 3.05) is 7.11 Å². The lowest BCUT2D eigenvalue weighted by Gasteiger charge is -2.03. The highest BCUT2D eigenvalue weighted by atomic mass is 16.5. The average Bonchev–Trinajstić information content (AvgIpc) is 2.20. The van der Waals surface area contributed by atoms with Crippen LogP contribution in [0, 0.1) is 0 Å². The average molecular weight is 193 g/mol. The van der Waals surface area contributed by atoms with Crippen LogP contribution in [0.15, 0.2) is 30.1 Å². The van der Waals surface area contributed by atoms with Crippen LogP contribution in [0.2, 0.25) is 0 Å². The van der Waals surface area contributed by atoms with E-state index in [-0.39, 0.29) is 5.75 Å². The van der Waals surface area contributed by atoms with Gasteiger partial charge in [-0.1, -0.05) is 12.1 Å². The van der Waals surface area contributed by atoms with Crippen molar-refractivity contribution in [2.45, 2.75) is 0 Å². The number of carbonyl (C=O) groups excluding carboxylic acids is 1. The van der Waals surface area contributed by atoms with Crippen molar-refractivity contribution in [1.82, 2.24) is 5.32 Å². The SMILES string of the molecule is COC(=Cc1ccc(O)cc1)NC=O. The Morgan fingerprint density at radius 2 is 2.07 bits per heavy atom. The first kappa shape index (κ1) is 10.1. The molecule has 4 nitrogen and oxygen atoms in total. The summed E-state index contributed by atoms with van der Waals surface area (Å²) in [5, 5.41) is 11.4. The van der Waals surface area contributed by atoms with E-state index in [1.54, 1.807) is 30.3 Å². The molecule has 0 saturated heterocycles. The van der Waals surface area contributed by atoms with Gasteiger partial charge in [0, 0.05) is 6.08 Å². The van der Waals surface area contributed by atoms with Crippen LogP contribution in [-0.2, 0) is 9.53 Å². The molecular weight excluding hydrogens is 182 g/mol. The lowest BCUT2D eigenvalue weighted by atomic mass is 10.2. The third kappa shape index (κ3) is 2.82. The number of rotatable bonds is 4. The molecule has 2 N–H and O–H groups in total. The van der Waals surface area contributed by atoms with Crippen molar-refractivity contribution in [3.05, 3.63) is 35.7 Å². The molecule has 1 amide bonds. The third-order valence-electron chi connectivity index (χ3n) is 1.61. The monoisotopic (exact) mass is 193 g/mol. The van der Waals surface area contributed by atoms with E-state index in [0.717, 1.165) is 5.56 Å². The van der Waals surface area contributed by atoms with Gasteiger partial charge in [0.15, 0.2) is 5.88 Å². The van der Waals surface area contributed by atoms with Crippen LogP contribution in [0.4, 0.5) is 0 Å². The highest BCUT2D eigenvalue weighted by Gasteiger charge is 1.94. The van der Waals surface area contributed by atoms with Crippen LogP contribution < -0.4 is 5.32 Å². The summed E-state index contributed by atoms with van der Waals surface area (Å²) in [4.78, 5) is 10.1. The van der Waals surface area contributed by atoms with Gasteiger partial charge < -0.3 is 9.84 Å². The second-order valence-electron chi connectivity index (χ2n) is 2.57. The Hall–Kier alpha value is -1.97. The van der Waals surface area contributed by atoms with E-state index in [1.807, 2.05) is 0 Å². The second-order valence-corrected chi connectivity index (χ2v) is 2.57. The summed E-state index contributed by atoms with van der Waals surface area (Å²) in [6.07, 6.45) is 2.18. The lowest BCUT2D eigenvalue weighted by Crippen LogP contribution is -2.11. The number of hydrogen-bond acceptors (Lipinski definition) is 3. The minimum Gasteiger partial charge on any atom is -0.508 e. The summed E-state index contributed by atoms with van der Waals surface area (Å²) >= 11 is 0. The van der Waals surface area contributed by atoms with E-state index in [2.05, 4.69) is 5.32 Å². The number of amides is 1. The van der Waals surface area contributed by atoms with E-state index < -0.39 is 0 Å². The van der Waals surface area contributed by atoms with Gasteiger partial charge in [0.2, 0.25) is 6.41 Å². The molecule has 0 bridgehead atoms. The molecule has 0 aliphatic rings. The minimum absolute atomic E-state index is 0.199. The van der Waals surface area contributed by atoms with Crippen LogP contribution in [0.25, 0.3) is 6.08 Å². The number of carbonyl (C=O) groups is 1. The highest BCUT2D eigenvalue weighted by Crippen LogP contribution is 2.11. The first-order valence-electron chi connectivity index (χ1n) is 4.01. The second kappa shape index (κ2) is 4.91. The van der Waals surface area contributed by atoms with Crippen LogP contribution in [0.3, 0.4) is 0 Å². The summed E-state index contributed by atoms with van der Waals surface area (Å²) < 4.78 is 4.88. The normalized spacial score (nSPS) is 10.8. The van der Waals surface area contributed by atoms with Crippen molar-refractivity contribution in [1.29, 1.82) is 0 Å². The summed E-state index contributed by atoms with van der Waals surface area (Å²) in [6, 6.07) is 6.53. The molecule has 0 aromatic heterocycles. The molecule has 74 valence electrons.